The van der Waals surface area contributed by atoms with Crippen molar-refractivity contribution in [2.75, 3.05) is 0 Å². The molecule has 0 fully saturated rings. The Labute approximate surface area is 93.1 Å². The fraction of sp³-hybridized carbons (Fsp3) is 0.333. The highest BCUT2D eigenvalue weighted by Gasteiger charge is 2.11. The lowest BCUT2D eigenvalue weighted by Crippen LogP contribution is -2.22. The molecule has 1 aromatic carbocycles. The minimum atomic E-state index is -0.146. The molecule has 0 aliphatic rings. The molecule has 0 bridgehead atoms. The SMILES string of the molecule is Cc1cc2c(cc1C)n(CC=O)c(=O)n2C. The highest BCUT2D eigenvalue weighted by atomic mass is 16.2. The van der Waals surface area contributed by atoms with Gasteiger partial charge in [0.2, 0.25) is 0 Å². The molecule has 16 heavy (non-hydrogen) atoms. The number of rotatable bonds is 2. The van der Waals surface area contributed by atoms with Crippen molar-refractivity contribution in [2.24, 2.45) is 7.05 Å². The second kappa shape index (κ2) is 3.63. The van der Waals surface area contributed by atoms with Crippen molar-refractivity contribution in [1.82, 2.24) is 9.13 Å². The van der Waals surface area contributed by atoms with Gasteiger partial charge in [0.1, 0.15) is 6.29 Å². The maximum atomic E-state index is 11.9. The lowest BCUT2D eigenvalue weighted by Gasteiger charge is -2.02. The van der Waals surface area contributed by atoms with Gasteiger partial charge in [-0.1, -0.05) is 0 Å². The number of hydrogen-bond acceptors (Lipinski definition) is 2. The fourth-order valence-corrected chi connectivity index (χ4v) is 1.91. The van der Waals surface area contributed by atoms with Gasteiger partial charge in [-0.2, -0.15) is 0 Å². The number of imidazole rings is 1. The van der Waals surface area contributed by atoms with E-state index in [9.17, 15) is 9.59 Å². The molecule has 2 aromatic rings. The molecule has 1 aromatic heterocycles. The van der Waals surface area contributed by atoms with Gasteiger partial charge >= 0.3 is 5.69 Å². The Hall–Kier alpha value is -1.84. The maximum Gasteiger partial charge on any atom is 0.329 e. The number of hydrogen-bond donors (Lipinski definition) is 0. The van der Waals surface area contributed by atoms with Crippen molar-refractivity contribution in [1.29, 1.82) is 0 Å². The highest BCUT2D eigenvalue weighted by Crippen LogP contribution is 2.17. The van der Waals surface area contributed by atoms with Crippen molar-refractivity contribution < 1.29 is 4.79 Å². The quantitative estimate of drug-likeness (QED) is 0.710. The zero-order valence-electron chi connectivity index (χ0n) is 9.65. The number of nitrogens with zero attached hydrogens (tertiary/aromatic N) is 2. The number of aryl methyl sites for hydroxylation is 3. The third-order valence-corrected chi connectivity index (χ3v) is 3.02. The molecule has 0 unspecified atom stereocenters. The topological polar surface area (TPSA) is 44.0 Å². The molecule has 0 N–H and O–H groups in total. The van der Waals surface area contributed by atoms with E-state index >= 15 is 0 Å². The van der Waals surface area contributed by atoms with E-state index in [1.807, 2.05) is 26.0 Å². The average molecular weight is 218 g/mol. The number of aromatic nitrogens is 2. The van der Waals surface area contributed by atoms with E-state index in [0.717, 1.165) is 28.4 Å². The summed E-state index contributed by atoms with van der Waals surface area (Å²) >= 11 is 0. The van der Waals surface area contributed by atoms with Crippen molar-refractivity contribution >= 4 is 17.3 Å². The van der Waals surface area contributed by atoms with Crippen LogP contribution in [-0.2, 0) is 18.4 Å². The Morgan fingerprint density at radius 3 is 2.31 bits per heavy atom. The molecule has 0 amide bonds. The molecular formula is C12H14N2O2. The molecule has 0 spiro atoms. The summed E-state index contributed by atoms with van der Waals surface area (Å²) in [5.41, 5.74) is 3.81. The number of aldehydes is 1. The first-order valence-electron chi connectivity index (χ1n) is 5.16. The van der Waals surface area contributed by atoms with Crippen molar-refractivity contribution in [3.63, 3.8) is 0 Å². The Balaban J connectivity index is 2.91. The highest BCUT2D eigenvalue weighted by molar-refractivity contribution is 5.78. The van der Waals surface area contributed by atoms with Crippen LogP contribution in [0.1, 0.15) is 11.1 Å². The van der Waals surface area contributed by atoms with Crippen molar-refractivity contribution in [3.8, 4) is 0 Å². The van der Waals surface area contributed by atoms with Crippen LogP contribution in [0.4, 0.5) is 0 Å². The maximum absolute atomic E-state index is 11.9. The number of carbonyl (C=O) groups excluding carboxylic acids is 1. The summed E-state index contributed by atoms with van der Waals surface area (Å²) in [6.07, 6.45) is 0.746. The van der Waals surface area contributed by atoms with Gasteiger partial charge < -0.3 is 4.79 Å². The van der Waals surface area contributed by atoms with Crippen LogP contribution in [0.15, 0.2) is 16.9 Å². The van der Waals surface area contributed by atoms with Gasteiger partial charge in [-0.3, -0.25) is 9.13 Å². The minimum Gasteiger partial charge on any atom is -0.301 e. The molecular weight excluding hydrogens is 204 g/mol. The average Bonchev–Trinajstić information content (AvgIpc) is 2.46. The van der Waals surface area contributed by atoms with E-state index in [-0.39, 0.29) is 12.2 Å². The minimum absolute atomic E-state index is 0.110. The molecule has 0 atom stereocenters. The van der Waals surface area contributed by atoms with Gasteiger partial charge in [-0.05, 0) is 37.1 Å². The lowest BCUT2D eigenvalue weighted by molar-refractivity contribution is -0.108. The molecule has 1 heterocycles. The van der Waals surface area contributed by atoms with Crippen LogP contribution in [0.25, 0.3) is 11.0 Å². The summed E-state index contributed by atoms with van der Waals surface area (Å²) in [5.74, 6) is 0. The van der Waals surface area contributed by atoms with Crippen LogP contribution in [0.5, 0.6) is 0 Å². The Morgan fingerprint density at radius 1 is 1.19 bits per heavy atom. The molecule has 0 saturated carbocycles. The fourth-order valence-electron chi connectivity index (χ4n) is 1.91. The first-order chi connectivity index (χ1) is 7.56. The molecule has 4 nitrogen and oxygen atoms in total. The van der Waals surface area contributed by atoms with E-state index in [1.54, 1.807) is 11.6 Å². The van der Waals surface area contributed by atoms with E-state index in [1.165, 1.54) is 4.57 Å². The summed E-state index contributed by atoms with van der Waals surface area (Å²) in [6, 6.07) is 3.93. The van der Waals surface area contributed by atoms with Crippen LogP contribution in [-0.4, -0.2) is 15.4 Å². The van der Waals surface area contributed by atoms with Gasteiger partial charge in [0.25, 0.3) is 0 Å². The standard InChI is InChI=1S/C12H14N2O2/c1-8-6-10-11(7-9(8)2)14(4-5-15)12(16)13(10)3/h5-7H,4H2,1-3H3. The third kappa shape index (κ3) is 1.38. The number of fused-ring (bicyclic) bond motifs is 1. The normalized spacial score (nSPS) is 10.9. The van der Waals surface area contributed by atoms with E-state index in [2.05, 4.69) is 0 Å². The van der Waals surface area contributed by atoms with Gasteiger partial charge in [0, 0.05) is 7.05 Å². The first kappa shape index (κ1) is 10.7. The number of carbonyl (C=O) groups is 1. The molecule has 2 rings (SSSR count). The van der Waals surface area contributed by atoms with E-state index in [4.69, 9.17) is 0 Å². The van der Waals surface area contributed by atoms with Gasteiger partial charge in [-0.25, -0.2) is 4.79 Å². The molecule has 0 radical (unpaired) electrons. The lowest BCUT2D eigenvalue weighted by atomic mass is 10.1. The summed E-state index contributed by atoms with van der Waals surface area (Å²) in [5, 5.41) is 0. The van der Waals surface area contributed by atoms with Crippen LogP contribution in [0.3, 0.4) is 0 Å². The Bertz CT molecular complexity index is 620. The summed E-state index contributed by atoms with van der Waals surface area (Å²) in [6.45, 7) is 4.12. The van der Waals surface area contributed by atoms with Gasteiger partial charge in [0.15, 0.2) is 0 Å². The summed E-state index contributed by atoms with van der Waals surface area (Å²) in [4.78, 5) is 22.4. The van der Waals surface area contributed by atoms with Crippen LogP contribution >= 0.6 is 0 Å². The third-order valence-electron chi connectivity index (χ3n) is 3.02. The second-order valence-electron chi connectivity index (χ2n) is 4.04. The molecule has 84 valence electrons. The summed E-state index contributed by atoms with van der Waals surface area (Å²) in [7, 11) is 1.72. The van der Waals surface area contributed by atoms with Crippen LogP contribution in [0, 0.1) is 13.8 Å². The van der Waals surface area contributed by atoms with Crippen molar-refractivity contribution in [2.45, 2.75) is 20.4 Å². The van der Waals surface area contributed by atoms with Gasteiger partial charge in [0.05, 0.1) is 17.6 Å². The van der Waals surface area contributed by atoms with E-state index in [0.29, 0.717) is 0 Å². The molecule has 0 aliphatic carbocycles. The predicted octanol–water partition coefficient (Wildman–Crippen LogP) is 1.16. The smallest absolute Gasteiger partial charge is 0.301 e. The van der Waals surface area contributed by atoms with E-state index < -0.39 is 0 Å². The monoisotopic (exact) mass is 218 g/mol. The first-order valence-corrected chi connectivity index (χ1v) is 5.16. The second-order valence-corrected chi connectivity index (χ2v) is 4.04. The number of benzene rings is 1. The molecule has 0 aliphatic heterocycles. The predicted molar refractivity (Wildman–Crippen MR) is 62.7 cm³/mol. The van der Waals surface area contributed by atoms with Crippen LogP contribution < -0.4 is 5.69 Å². The Kier molecular flexibility index (Phi) is 2.42. The zero-order valence-corrected chi connectivity index (χ0v) is 9.65. The zero-order chi connectivity index (χ0) is 11.9. The van der Waals surface area contributed by atoms with Gasteiger partial charge in [-0.15, -0.1) is 0 Å². The van der Waals surface area contributed by atoms with Crippen LogP contribution in [0.2, 0.25) is 0 Å². The Morgan fingerprint density at radius 2 is 1.75 bits per heavy atom. The largest absolute Gasteiger partial charge is 0.329 e. The van der Waals surface area contributed by atoms with Crippen molar-refractivity contribution in [3.05, 3.63) is 33.7 Å². The summed E-state index contributed by atoms with van der Waals surface area (Å²) < 4.78 is 3.07. The molecule has 0 saturated heterocycles. The molecule has 4 heteroatoms.